The van der Waals surface area contributed by atoms with Gasteiger partial charge in [-0.15, -0.1) is 0 Å². The molecule has 0 bridgehead atoms. The molecule has 2 heterocycles. The van der Waals surface area contributed by atoms with Crippen LogP contribution in [0.15, 0.2) is 12.3 Å². The van der Waals surface area contributed by atoms with Gasteiger partial charge in [0, 0.05) is 18.7 Å². The van der Waals surface area contributed by atoms with Gasteiger partial charge in [-0.25, -0.2) is 0 Å². The zero-order chi connectivity index (χ0) is 12.6. The molecule has 17 heavy (non-hydrogen) atoms. The average molecular weight is 238 g/mol. The van der Waals surface area contributed by atoms with Crippen molar-refractivity contribution in [2.24, 2.45) is 11.8 Å². The molecule has 0 spiro atoms. The molecule has 0 radical (unpaired) electrons. The second kappa shape index (κ2) is 4.78. The Morgan fingerprint density at radius 1 is 1.41 bits per heavy atom. The molecule has 1 N–H and O–H groups in total. The van der Waals surface area contributed by atoms with Gasteiger partial charge >= 0.3 is 0 Å². The van der Waals surface area contributed by atoms with E-state index in [0.29, 0.717) is 5.92 Å². The van der Waals surface area contributed by atoms with Gasteiger partial charge < -0.3 is 9.84 Å². The highest BCUT2D eigenvalue weighted by Gasteiger charge is 2.42. The number of hydrogen-bond acceptors (Lipinski definition) is 3. The molecule has 4 nitrogen and oxygen atoms in total. The van der Waals surface area contributed by atoms with Crippen LogP contribution in [-0.4, -0.2) is 27.1 Å². The van der Waals surface area contributed by atoms with E-state index >= 15 is 0 Å². The molecule has 5 atom stereocenters. The van der Waals surface area contributed by atoms with Gasteiger partial charge in [-0.05, 0) is 32.8 Å². The van der Waals surface area contributed by atoms with Crippen LogP contribution in [0.5, 0.6) is 0 Å². The molecular formula is C13H22N2O2. The van der Waals surface area contributed by atoms with E-state index in [1.807, 2.05) is 24.6 Å². The minimum atomic E-state index is -0.493. The fourth-order valence-electron chi connectivity index (χ4n) is 2.89. The van der Waals surface area contributed by atoms with Crippen molar-refractivity contribution in [2.45, 2.75) is 52.6 Å². The molecular weight excluding hydrogens is 216 g/mol. The van der Waals surface area contributed by atoms with E-state index in [2.05, 4.69) is 18.9 Å². The van der Waals surface area contributed by atoms with Crippen molar-refractivity contribution in [2.75, 3.05) is 0 Å². The first-order chi connectivity index (χ1) is 8.06. The number of aliphatic hydroxyl groups excluding tert-OH is 1. The maximum absolute atomic E-state index is 10.5. The number of aliphatic hydroxyl groups is 1. The monoisotopic (exact) mass is 238 g/mol. The summed E-state index contributed by atoms with van der Waals surface area (Å²) in [5.41, 5.74) is 0.897. The lowest BCUT2D eigenvalue weighted by Crippen LogP contribution is -2.26. The lowest BCUT2D eigenvalue weighted by atomic mass is 9.84. The van der Waals surface area contributed by atoms with E-state index in [1.165, 1.54) is 0 Å². The smallest absolute Gasteiger partial charge is 0.101 e. The van der Waals surface area contributed by atoms with Crippen LogP contribution >= 0.6 is 0 Å². The van der Waals surface area contributed by atoms with E-state index in [4.69, 9.17) is 4.74 Å². The van der Waals surface area contributed by atoms with Gasteiger partial charge in [0.05, 0.1) is 17.9 Å². The Morgan fingerprint density at radius 3 is 2.65 bits per heavy atom. The number of aromatic nitrogens is 2. The standard InChI is InChI=1S/C13H22N2O2/c1-5-15-11(6-7-14-15)13(16)12-8(2)9(3)17-10(12)4/h6-10,12-13,16H,5H2,1-4H3. The van der Waals surface area contributed by atoms with Crippen LogP contribution in [0.1, 0.15) is 39.5 Å². The van der Waals surface area contributed by atoms with E-state index in [0.717, 1.165) is 12.2 Å². The molecule has 1 aliphatic rings. The normalized spacial score (nSPS) is 35.1. The van der Waals surface area contributed by atoms with Gasteiger partial charge in [-0.1, -0.05) is 6.92 Å². The summed E-state index contributed by atoms with van der Waals surface area (Å²) >= 11 is 0. The molecule has 1 aromatic heterocycles. The molecule has 1 aliphatic heterocycles. The van der Waals surface area contributed by atoms with Crippen LogP contribution in [0.25, 0.3) is 0 Å². The molecule has 0 aromatic carbocycles. The highest BCUT2D eigenvalue weighted by Crippen LogP contribution is 2.40. The number of nitrogens with zero attached hydrogens (tertiary/aromatic N) is 2. The number of aryl methyl sites for hydroxylation is 1. The Morgan fingerprint density at radius 2 is 2.12 bits per heavy atom. The molecule has 0 aliphatic carbocycles. The van der Waals surface area contributed by atoms with E-state index < -0.39 is 6.10 Å². The summed E-state index contributed by atoms with van der Waals surface area (Å²) in [6, 6.07) is 1.90. The summed E-state index contributed by atoms with van der Waals surface area (Å²) in [5.74, 6) is 0.507. The van der Waals surface area contributed by atoms with Crippen LogP contribution in [0, 0.1) is 11.8 Å². The predicted molar refractivity (Wildman–Crippen MR) is 65.5 cm³/mol. The molecule has 2 rings (SSSR count). The third-order valence-electron chi connectivity index (χ3n) is 4.04. The first kappa shape index (κ1) is 12.6. The van der Waals surface area contributed by atoms with Gasteiger partial charge in [-0.2, -0.15) is 5.10 Å². The van der Waals surface area contributed by atoms with Crippen LogP contribution in [-0.2, 0) is 11.3 Å². The van der Waals surface area contributed by atoms with Crippen molar-refractivity contribution in [3.8, 4) is 0 Å². The molecule has 0 saturated carbocycles. The van der Waals surface area contributed by atoms with Gasteiger partial charge in [0.2, 0.25) is 0 Å². The van der Waals surface area contributed by atoms with Crippen LogP contribution in [0.2, 0.25) is 0 Å². The number of ether oxygens (including phenoxy) is 1. The predicted octanol–water partition coefficient (Wildman–Crippen LogP) is 2.00. The maximum Gasteiger partial charge on any atom is 0.101 e. The van der Waals surface area contributed by atoms with Crippen molar-refractivity contribution in [1.82, 2.24) is 9.78 Å². The number of rotatable bonds is 3. The Hall–Kier alpha value is -0.870. The average Bonchev–Trinajstić information content (AvgIpc) is 2.84. The molecule has 1 fully saturated rings. The van der Waals surface area contributed by atoms with E-state index in [-0.39, 0.29) is 18.1 Å². The fourth-order valence-corrected chi connectivity index (χ4v) is 2.89. The zero-order valence-electron chi connectivity index (χ0n) is 11.0. The van der Waals surface area contributed by atoms with Gasteiger partial charge in [0.25, 0.3) is 0 Å². The molecule has 1 saturated heterocycles. The van der Waals surface area contributed by atoms with Crippen molar-refractivity contribution in [1.29, 1.82) is 0 Å². The minimum absolute atomic E-state index is 0.0928. The van der Waals surface area contributed by atoms with E-state index in [1.54, 1.807) is 6.20 Å². The summed E-state index contributed by atoms with van der Waals surface area (Å²) in [5, 5.41) is 14.8. The maximum atomic E-state index is 10.5. The lowest BCUT2D eigenvalue weighted by molar-refractivity contribution is 0.0203. The third-order valence-corrected chi connectivity index (χ3v) is 4.04. The zero-order valence-corrected chi connectivity index (χ0v) is 11.0. The highest BCUT2D eigenvalue weighted by atomic mass is 16.5. The van der Waals surface area contributed by atoms with Crippen LogP contribution < -0.4 is 0 Å². The quantitative estimate of drug-likeness (QED) is 0.876. The van der Waals surface area contributed by atoms with Gasteiger partial charge in [0.1, 0.15) is 6.10 Å². The number of hydrogen-bond donors (Lipinski definition) is 1. The lowest BCUT2D eigenvalue weighted by Gasteiger charge is -2.25. The largest absolute Gasteiger partial charge is 0.386 e. The van der Waals surface area contributed by atoms with Crippen molar-refractivity contribution < 1.29 is 9.84 Å². The Bertz CT molecular complexity index is 377. The van der Waals surface area contributed by atoms with Gasteiger partial charge in [-0.3, -0.25) is 4.68 Å². The Labute approximate surface area is 103 Å². The van der Waals surface area contributed by atoms with Crippen LogP contribution in [0.4, 0.5) is 0 Å². The molecule has 5 unspecified atom stereocenters. The van der Waals surface area contributed by atoms with Gasteiger partial charge in [0.15, 0.2) is 0 Å². The summed E-state index contributed by atoms with van der Waals surface area (Å²) < 4.78 is 7.64. The second-order valence-electron chi connectivity index (χ2n) is 5.00. The Balaban J connectivity index is 2.22. The molecule has 0 amide bonds. The molecule has 96 valence electrons. The topological polar surface area (TPSA) is 47.3 Å². The summed E-state index contributed by atoms with van der Waals surface area (Å²) in [4.78, 5) is 0. The van der Waals surface area contributed by atoms with Crippen molar-refractivity contribution in [3.63, 3.8) is 0 Å². The molecule has 1 aromatic rings. The SMILES string of the molecule is CCn1nccc1C(O)C1C(C)OC(C)C1C. The summed E-state index contributed by atoms with van der Waals surface area (Å²) in [6.45, 7) is 9.08. The second-order valence-corrected chi connectivity index (χ2v) is 5.00. The minimum Gasteiger partial charge on any atom is -0.386 e. The first-order valence-corrected chi connectivity index (χ1v) is 6.41. The molecule has 4 heteroatoms. The Kier molecular flexibility index (Phi) is 3.54. The summed E-state index contributed by atoms with van der Waals surface area (Å²) in [6.07, 6.45) is 1.56. The van der Waals surface area contributed by atoms with Crippen molar-refractivity contribution in [3.05, 3.63) is 18.0 Å². The first-order valence-electron chi connectivity index (χ1n) is 6.41. The van der Waals surface area contributed by atoms with E-state index in [9.17, 15) is 5.11 Å². The third kappa shape index (κ3) is 2.11. The summed E-state index contributed by atoms with van der Waals surface area (Å²) in [7, 11) is 0. The fraction of sp³-hybridized carbons (Fsp3) is 0.769. The van der Waals surface area contributed by atoms with Crippen LogP contribution in [0.3, 0.4) is 0 Å². The highest BCUT2D eigenvalue weighted by molar-refractivity contribution is 5.08. The van der Waals surface area contributed by atoms with Crippen molar-refractivity contribution >= 4 is 0 Å².